The first-order valence-corrected chi connectivity index (χ1v) is 10.2. The normalized spacial score (nSPS) is 15.9. The summed E-state index contributed by atoms with van der Waals surface area (Å²) in [5, 5.41) is 1.55. The van der Waals surface area contributed by atoms with Gasteiger partial charge in [-0.3, -0.25) is 0 Å². The highest BCUT2D eigenvalue weighted by atomic mass is 35.5. The summed E-state index contributed by atoms with van der Waals surface area (Å²) in [6.07, 6.45) is 3.80. The first-order valence-electron chi connectivity index (χ1n) is 9.78. The molecule has 5 heteroatoms. The van der Waals surface area contributed by atoms with Crippen molar-refractivity contribution < 1.29 is 9.15 Å². The summed E-state index contributed by atoms with van der Waals surface area (Å²) in [6.45, 7) is 5.23. The first kappa shape index (κ1) is 17.6. The quantitative estimate of drug-likeness (QED) is 0.524. The number of fused-ring (bicyclic) bond motifs is 5. The summed E-state index contributed by atoms with van der Waals surface area (Å²) < 4.78 is 11.9. The average molecular weight is 396 g/mol. The highest BCUT2D eigenvalue weighted by molar-refractivity contribution is 6.33. The lowest BCUT2D eigenvalue weighted by Crippen LogP contribution is -2.33. The van der Waals surface area contributed by atoms with E-state index in [4.69, 9.17) is 20.8 Å². The topological polar surface area (TPSA) is 42.7 Å². The average Bonchev–Trinajstić information content (AvgIpc) is 2.71. The molecule has 0 bridgehead atoms. The van der Waals surface area contributed by atoms with Crippen molar-refractivity contribution in [3.63, 3.8) is 0 Å². The molecule has 0 saturated heterocycles. The molecule has 0 radical (unpaired) electrons. The molecule has 2 aromatic carbocycles. The van der Waals surface area contributed by atoms with Crippen molar-refractivity contribution in [3.8, 4) is 5.75 Å². The molecule has 0 N–H and O–H groups in total. The van der Waals surface area contributed by atoms with Crippen molar-refractivity contribution in [3.05, 3.63) is 67.5 Å². The van der Waals surface area contributed by atoms with E-state index in [0.717, 1.165) is 53.4 Å². The second-order valence-electron chi connectivity index (χ2n) is 7.79. The van der Waals surface area contributed by atoms with E-state index >= 15 is 0 Å². The van der Waals surface area contributed by atoms with Gasteiger partial charge in [0.25, 0.3) is 0 Å². The summed E-state index contributed by atoms with van der Waals surface area (Å²) in [6, 6.07) is 8.17. The van der Waals surface area contributed by atoms with Crippen molar-refractivity contribution in [2.24, 2.45) is 0 Å². The molecule has 0 spiro atoms. The molecule has 2 heterocycles. The number of nitrogens with zero attached hydrogens (tertiary/aromatic N) is 1. The SMILES string of the molecule is Cc1cccc(N2COc3c(Cl)cc4c5c(c(=O)oc4c3C2)CCCC5)c1C. The standard InChI is InChI=1S/C23H22ClNO3/c1-13-6-5-9-20(14(13)2)25-11-18-21-17(10-19(24)22(18)27-12-25)15-7-3-4-8-16(15)23(26)28-21/h5-6,9-10H,3-4,7-8,11-12H2,1-2H3. The van der Waals surface area contributed by atoms with E-state index in [1.165, 1.54) is 11.1 Å². The van der Waals surface area contributed by atoms with Gasteiger partial charge in [0.1, 0.15) is 11.3 Å². The predicted octanol–water partition coefficient (Wildman–Crippen LogP) is 5.30. The molecule has 1 aliphatic carbocycles. The molecular weight excluding hydrogens is 374 g/mol. The molecule has 0 atom stereocenters. The smallest absolute Gasteiger partial charge is 0.339 e. The van der Waals surface area contributed by atoms with Crippen molar-refractivity contribution >= 4 is 28.3 Å². The van der Waals surface area contributed by atoms with Crippen LogP contribution in [0.3, 0.4) is 0 Å². The van der Waals surface area contributed by atoms with E-state index in [1.54, 1.807) is 0 Å². The predicted molar refractivity (Wildman–Crippen MR) is 112 cm³/mol. The van der Waals surface area contributed by atoms with E-state index in [0.29, 0.717) is 29.6 Å². The Balaban J connectivity index is 1.70. The molecular formula is C23H22ClNO3. The van der Waals surface area contributed by atoms with Gasteiger partial charge in [-0.2, -0.15) is 0 Å². The van der Waals surface area contributed by atoms with Gasteiger partial charge in [-0.25, -0.2) is 4.79 Å². The highest BCUT2D eigenvalue weighted by Gasteiger charge is 2.28. The zero-order valence-electron chi connectivity index (χ0n) is 16.1. The molecule has 0 fully saturated rings. The van der Waals surface area contributed by atoms with Crippen LogP contribution in [0.5, 0.6) is 5.75 Å². The Hall–Kier alpha value is -2.46. The molecule has 1 aromatic heterocycles. The minimum atomic E-state index is -0.212. The third kappa shape index (κ3) is 2.62. The third-order valence-corrected chi connectivity index (χ3v) is 6.43. The van der Waals surface area contributed by atoms with Crippen LogP contribution < -0.4 is 15.3 Å². The molecule has 144 valence electrons. The summed E-state index contributed by atoms with van der Waals surface area (Å²) in [5.74, 6) is 0.634. The monoisotopic (exact) mass is 395 g/mol. The minimum Gasteiger partial charge on any atom is -0.471 e. The minimum absolute atomic E-state index is 0.212. The van der Waals surface area contributed by atoms with Crippen molar-refractivity contribution in [1.82, 2.24) is 0 Å². The summed E-state index contributed by atoms with van der Waals surface area (Å²) in [5.41, 5.74) is 6.78. The maximum Gasteiger partial charge on any atom is 0.339 e. The van der Waals surface area contributed by atoms with Crippen LogP contribution in [0.15, 0.2) is 33.5 Å². The Kier molecular flexibility index (Phi) is 4.13. The van der Waals surface area contributed by atoms with Gasteiger partial charge < -0.3 is 14.1 Å². The van der Waals surface area contributed by atoms with Gasteiger partial charge in [-0.1, -0.05) is 23.7 Å². The fraction of sp³-hybridized carbons (Fsp3) is 0.348. The van der Waals surface area contributed by atoms with Gasteiger partial charge in [0.2, 0.25) is 0 Å². The molecule has 2 aliphatic rings. The molecule has 0 amide bonds. The summed E-state index contributed by atoms with van der Waals surface area (Å²) in [4.78, 5) is 14.8. The molecule has 1 aliphatic heterocycles. The number of rotatable bonds is 1. The molecule has 3 aromatic rings. The number of aryl methyl sites for hydroxylation is 2. The molecule has 0 saturated carbocycles. The third-order valence-electron chi connectivity index (χ3n) is 6.15. The largest absolute Gasteiger partial charge is 0.471 e. The lowest BCUT2D eigenvalue weighted by molar-refractivity contribution is 0.289. The van der Waals surface area contributed by atoms with E-state index < -0.39 is 0 Å². The van der Waals surface area contributed by atoms with Crippen LogP contribution in [0.25, 0.3) is 11.0 Å². The van der Waals surface area contributed by atoms with Crippen LogP contribution in [-0.2, 0) is 19.4 Å². The van der Waals surface area contributed by atoms with E-state index in [1.807, 2.05) is 6.07 Å². The Labute approximate surface area is 168 Å². The molecule has 5 rings (SSSR count). The van der Waals surface area contributed by atoms with Gasteiger partial charge >= 0.3 is 5.63 Å². The number of hydrogen-bond donors (Lipinski definition) is 0. The van der Waals surface area contributed by atoms with Crippen molar-refractivity contribution in [2.45, 2.75) is 46.1 Å². The van der Waals surface area contributed by atoms with E-state index in [2.05, 4.69) is 36.9 Å². The van der Waals surface area contributed by atoms with Crippen LogP contribution in [0.4, 0.5) is 5.69 Å². The van der Waals surface area contributed by atoms with Gasteiger partial charge in [0, 0.05) is 16.6 Å². The number of ether oxygens (including phenoxy) is 1. The molecule has 0 unspecified atom stereocenters. The fourth-order valence-electron chi connectivity index (χ4n) is 4.50. The maximum absolute atomic E-state index is 12.6. The zero-order chi connectivity index (χ0) is 19.4. The molecule has 4 nitrogen and oxygen atoms in total. The van der Waals surface area contributed by atoms with Crippen LogP contribution in [0.1, 0.15) is 40.7 Å². The lowest BCUT2D eigenvalue weighted by atomic mass is 9.89. The number of anilines is 1. The summed E-state index contributed by atoms with van der Waals surface area (Å²) in [7, 11) is 0. The number of hydrogen-bond acceptors (Lipinski definition) is 4. The Morgan fingerprint density at radius 1 is 1.07 bits per heavy atom. The Morgan fingerprint density at radius 2 is 1.86 bits per heavy atom. The van der Waals surface area contributed by atoms with E-state index in [-0.39, 0.29) is 5.63 Å². The van der Waals surface area contributed by atoms with Crippen molar-refractivity contribution in [1.29, 1.82) is 0 Å². The summed E-state index contributed by atoms with van der Waals surface area (Å²) >= 11 is 6.59. The number of halogens is 1. The van der Waals surface area contributed by atoms with Crippen LogP contribution in [-0.4, -0.2) is 6.73 Å². The van der Waals surface area contributed by atoms with Crippen LogP contribution in [0, 0.1) is 13.8 Å². The maximum atomic E-state index is 12.6. The highest BCUT2D eigenvalue weighted by Crippen LogP contribution is 2.42. The first-order chi connectivity index (χ1) is 13.5. The van der Waals surface area contributed by atoms with Crippen molar-refractivity contribution in [2.75, 3.05) is 11.6 Å². The second kappa shape index (κ2) is 6.56. The fourth-order valence-corrected chi connectivity index (χ4v) is 4.78. The molecule has 28 heavy (non-hydrogen) atoms. The lowest BCUT2D eigenvalue weighted by Gasteiger charge is -2.33. The Bertz CT molecular complexity index is 1160. The number of benzene rings is 2. The Morgan fingerprint density at radius 3 is 2.68 bits per heavy atom. The second-order valence-corrected chi connectivity index (χ2v) is 8.19. The van der Waals surface area contributed by atoms with E-state index in [9.17, 15) is 4.79 Å². The van der Waals surface area contributed by atoms with Crippen LogP contribution >= 0.6 is 11.6 Å². The van der Waals surface area contributed by atoms with Gasteiger partial charge in [0.05, 0.1) is 17.1 Å². The zero-order valence-corrected chi connectivity index (χ0v) is 16.9. The van der Waals surface area contributed by atoms with Gasteiger partial charge in [-0.05, 0) is 68.4 Å². The van der Waals surface area contributed by atoms with Crippen LogP contribution in [0.2, 0.25) is 5.02 Å². The van der Waals surface area contributed by atoms with Gasteiger partial charge in [-0.15, -0.1) is 0 Å². The van der Waals surface area contributed by atoms with Gasteiger partial charge in [0.15, 0.2) is 6.73 Å².